The highest BCUT2D eigenvalue weighted by Gasteiger charge is 2.16. The van der Waals surface area contributed by atoms with Crippen LogP contribution in [-0.4, -0.2) is 25.1 Å². The summed E-state index contributed by atoms with van der Waals surface area (Å²) >= 11 is 0. The number of fused-ring (bicyclic) bond motifs is 2. The normalized spacial score (nSPS) is 11.5. The van der Waals surface area contributed by atoms with Crippen molar-refractivity contribution in [1.82, 2.24) is 25.1 Å². The minimum absolute atomic E-state index is 0.269. The number of aromatic amines is 2. The molecule has 4 heterocycles. The minimum atomic E-state index is -0.269. The molecule has 0 saturated carbocycles. The van der Waals surface area contributed by atoms with Crippen LogP contribution in [0.2, 0.25) is 0 Å². The SMILES string of the molecule is C=C(Nc1cncc(-c2ccc3[nH]nc(-c4cc5c(-c6ccccc6F)ccnc5[nH]4)c3c2)c1)C(C)C. The van der Waals surface area contributed by atoms with Crippen LogP contribution in [0.4, 0.5) is 10.1 Å². The van der Waals surface area contributed by atoms with Crippen molar-refractivity contribution in [3.05, 3.63) is 97.3 Å². The van der Waals surface area contributed by atoms with Gasteiger partial charge in [0.15, 0.2) is 0 Å². The molecule has 0 amide bonds. The highest BCUT2D eigenvalue weighted by molar-refractivity contribution is 6.00. The number of hydrogen-bond acceptors (Lipinski definition) is 4. The van der Waals surface area contributed by atoms with Crippen molar-refractivity contribution < 1.29 is 4.39 Å². The molecule has 0 unspecified atom stereocenters. The van der Waals surface area contributed by atoms with Gasteiger partial charge >= 0.3 is 0 Å². The number of pyridine rings is 2. The molecule has 182 valence electrons. The molecule has 6 aromatic rings. The van der Waals surface area contributed by atoms with Crippen molar-refractivity contribution in [3.63, 3.8) is 0 Å². The minimum Gasteiger partial charge on any atom is -0.358 e. The van der Waals surface area contributed by atoms with E-state index in [1.165, 1.54) is 6.07 Å². The largest absolute Gasteiger partial charge is 0.358 e. The Morgan fingerprint density at radius 2 is 1.81 bits per heavy atom. The average Bonchev–Trinajstić information content (AvgIpc) is 3.53. The van der Waals surface area contributed by atoms with E-state index in [0.717, 1.165) is 55.8 Å². The zero-order valence-corrected chi connectivity index (χ0v) is 20.5. The van der Waals surface area contributed by atoms with Crippen LogP contribution >= 0.6 is 0 Å². The maximum Gasteiger partial charge on any atom is 0.138 e. The van der Waals surface area contributed by atoms with Gasteiger partial charge < -0.3 is 10.3 Å². The van der Waals surface area contributed by atoms with Gasteiger partial charge in [-0.2, -0.15) is 5.10 Å². The molecule has 0 saturated heterocycles. The lowest BCUT2D eigenvalue weighted by atomic mass is 10.0. The molecule has 4 aromatic heterocycles. The summed E-state index contributed by atoms with van der Waals surface area (Å²) in [6.45, 7) is 8.29. The van der Waals surface area contributed by atoms with Gasteiger partial charge in [-0.05, 0) is 53.4 Å². The molecule has 3 N–H and O–H groups in total. The Labute approximate surface area is 213 Å². The van der Waals surface area contributed by atoms with Crippen molar-refractivity contribution in [3.8, 4) is 33.6 Å². The van der Waals surface area contributed by atoms with Gasteiger partial charge in [0.05, 0.1) is 23.1 Å². The predicted molar refractivity (Wildman–Crippen MR) is 147 cm³/mol. The third-order valence-electron chi connectivity index (χ3n) is 6.59. The summed E-state index contributed by atoms with van der Waals surface area (Å²) in [5.41, 5.74) is 8.31. The van der Waals surface area contributed by atoms with Gasteiger partial charge in [-0.3, -0.25) is 10.1 Å². The summed E-state index contributed by atoms with van der Waals surface area (Å²) in [4.78, 5) is 12.3. The van der Waals surface area contributed by atoms with Crippen LogP contribution in [0.25, 0.3) is 55.6 Å². The maximum atomic E-state index is 14.6. The molecule has 0 fully saturated rings. The Balaban J connectivity index is 1.42. The lowest BCUT2D eigenvalue weighted by Gasteiger charge is -2.13. The third kappa shape index (κ3) is 4.14. The number of benzene rings is 2. The predicted octanol–water partition coefficient (Wildman–Crippen LogP) is 7.56. The molecule has 0 aliphatic heterocycles. The van der Waals surface area contributed by atoms with Crippen LogP contribution in [0.1, 0.15) is 13.8 Å². The Morgan fingerprint density at radius 1 is 0.946 bits per heavy atom. The van der Waals surface area contributed by atoms with E-state index >= 15 is 0 Å². The van der Waals surface area contributed by atoms with E-state index in [1.807, 2.05) is 36.5 Å². The lowest BCUT2D eigenvalue weighted by molar-refractivity contribution is 0.631. The molecule has 37 heavy (non-hydrogen) atoms. The van der Waals surface area contributed by atoms with E-state index < -0.39 is 0 Å². The molecule has 0 aliphatic carbocycles. The second-order valence-corrected chi connectivity index (χ2v) is 9.38. The summed E-state index contributed by atoms with van der Waals surface area (Å²) < 4.78 is 14.6. The van der Waals surface area contributed by atoms with Gasteiger partial charge in [0.1, 0.15) is 17.2 Å². The van der Waals surface area contributed by atoms with E-state index in [9.17, 15) is 4.39 Å². The Hall–Kier alpha value is -4.78. The maximum absolute atomic E-state index is 14.6. The summed E-state index contributed by atoms with van der Waals surface area (Å²) in [6.07, 6.45) is 5.33. The number of H-pyrrole nitrogens is 2. The molecule has 0 spiro atoms. The van der Waals surface area contributed by atoms with Crippen LogP contribution in [0, 0.1) is 11.7 Å². The fourth-order valence-corrected chi connectivity index (χ4v) is 4.46. The van der Waals surface area contributed by atoms with E-state index in [-0.39, 0.29) is 5.82 Å². The molecule has 6 rings (SSSR count). The summed E-state index contributed by atoms with van der Waals surface area (Å²) in [5.74, 6) is 0.0492. The number of allylic oxidation sites excluding steroid dienone is 1. The van der Waals surface area contributed by atoms with Crippen LogP contribution in [-0.2, 0) is 0 Å². The molecular weight excluding hydrogens is 463 g/mol. The average molecular weight is 489 g/mol. The van der Waals surface area contributed by atoms with Gasteiger partial charge in [-0.25, -0.2) is 9.37 Å². The number of anilines is 1. The molecule has 2 aromatic carbocycles. The number of nitrogens with one attached hydrogen (secondary N) is 3. The van der Waals surface area contributed by atoms with E-state index in [1.54, 1.807) is 24.5 Å². The monoisotopic (exact) mass is 488 g/mol. The highest BCUT2D eigenvalue weighted by Crippen LogP contribution is 2.35. The Kier molecular flexibility index (Phi) is 5.53. The van der Waals surface area contributed by atoms with Crippen molar-refractivity contribution in [2.45, 2.75) is 13.8 Å². The fourth-order valence-electron chi connectivity index (χ4n) is 4.46. The first-order valence-corrected chi connectivity index (χ1v) is 12.1. The van der Waals surface area contributed by atoms with E-state index in [0.29, 0.717) is 17.1 Å². The first kappa shape index (κ1) is 22.7. The van der Waals surface area contributed by atoms with Crippen LogP contribution in [0.3, 0.4) is 0 Å². The number of aromatic nitrogens is 5. The number of hydrogen-bond donors (Lipinski definition) is 3. The van der Waals surface area contributed by atoms with E-state index in [2.05, 4.69) is 63.0 Å². The van der Waals surface area contributed by atoms with Crippen LogP contribution < -0.4 is 5.32 Å². The van der Waals surface area contributed by atoms with Crippen molar-refractivity contribution in [2.24, 2.45) is 5.92 Å². The Bertz CT molecular complexity index is 1780. The number of rotatable bonds is 6. The van der Waals surface area contributed by atoms with Crippen molar-refractivity contribution >= 4 is 27.6 Å². The summed E-state index contributed by atoms with van der Waals surface area (Å²) in [7, 11) is 0. The number of halogens is 1. The molecule has 7 heteroatoms. The molecule has 0 aliphatic rings. The lowest BCUT2D eigenvalue weighted by Crippen LogP contribution is -2.04. The smallest absolute Gasteiger partial charge is 0.138 e. The van der Waals surface area contributed by atoms with Crippen LogP contribution in [0.5, 0.6) is 0 Å². The Morgan fingerprint density at radius 3 is 2.65 bits per heavy atom. The molecule has 0 bridgehead atoms. The van der Waals surface area contributed by atoms with Crippen LogP contribution in [0.15, 0.2) is 91.5 Å². The fraction of sp³-hybridized carbons (Fsp3) is 0.100. The first-order chi connectivity index (χ1) is 18.0. The third-order valence-corrected chi connectivity index (χ3v) is 6.59. The second-order valence-electron chi connectivity index (χ2n) is 9.38. The molecule has 6 nitrogen and oxygen atoms in total. The molecular formula is C30H25FN6. The second kappa shape index (κ2) is 9.02. The molecule has 0 radical (unpaired) electrons. The highest BCUT2D eigenvalue weighted by atomic mass is 19.1. The zero-order valence-electron chi connectivity index (χ0n) is 20.5. The first-order valence-electron chi connectivity index (χ1n) is 12.1. The quantitative estimate of drug-likeness (QED) is 0.226. The standard InChI is InChI=1S/C30H25FN6/c1-17(2)18(3)34-21-12-20(15-32-16-21)19-8-9-27-25(13-19)29(37-36-27)28-14-24-22(10-11-33-30(24)35-28)23-6-4-5-7-26(23)31/h4-17,34H,3H2,1-2H3,(H,33,35)(H,36,37). The number of nitrogens with zero attached hydrogens (tertiary/aromatic N) is 3. The van der Waals surface area contributed by atoms with Gasteiger partial charge in [0.25, 0.3) is 0 Å². The summed E-state index contributed by atoms with van der Waals surface area (Å²) in [5, 5.41) is 12.9. The van der Waals surface area contributed by atoms with Gasteiger partial charge in [-0.1, -0.05) is 44.7 Å². The van der Waals surface area contributed by atoms with E-state index in [4.69, 9.17) is 0 Å². The summed E-state index contributed by atoms with van der Waals surface area (Å²) in [6, 6.07) is 18.8. The zero-order chi connectivity index (χ0) is 25.5. The molecule has 0 atom stereocenters. The van der Waals surface area contributed by atoms with Gasteiger partial charge in [-0.15, -0.1) is 0 Å². The van der Waals surface area contributed by atoms with Gasteiger partial charge in [0, 0.05) is 40.0 Å². The van der Waals surface area contributed by atoms with Crippen molar-refractivity contribution in [2.75, 3.05) is 5.32 Å². The van der Waals surface area contributed by atoms with Crippen molar-refractivity contribution in [1.29, 1.82) is 0 Å². The van der Waals surface area contributed by atoms with Gasteiger partial charge in [0.2, 0.25) is 0 Å². The topological polar surface area (TPSA) is 82.3 Å².